The molecule has 1 aromatic rings. The largest absolute Gasteiger partial charge is 0.377 e. The Balaban J connectivity index is 2.05. The van der Waals surface area contributed by atoms with E-state index in [1.165, 1.54) is 5.69 Å². The van der Waals surface area contributed by atoms with Crippen LogP contribution in [0.1, 0.15) is 27.7 Å². The molecule has 1 fully saturated rings. The number of carbonyl (C=O) groups excluding carboxylic acids is 1. The predicted molar refractivity (Wildman–Crippen MR) is 90.6 cm³/mol. The Kier molecular flexibility index (Phi) is 5.66. The summed E-state index contributed by atoms with van der Waals surface area (Å²) in [6.07, 6.45) is 0. The summed E-state index contributed by atoms with van der Waals surface area (Å²) in [7, 11) is 0. The molecule has 2 unspecified atom stereocenters. The first-order chi connectivity index (χ1) is 10.6. The minimum Gasteiger partial charge on any atom is -0.377 e. The van der Waals surface area contributed by atoms with Crippen molar-refractivity contribution in [3.63, 3.8) is 0 Å². The number of anilines is 2. The number of hydrogen-bond donors (Lipinski definition) is 1. The maximum Gasteiger partial charge on any atom is 0.321 e. The summed E-state index contributed by atoms with van der Waals surface area (Å²) in [6, 6.07) is 8.73. The number of nitrogens with one attached hydrogen (secondary N) is 1. The Morgan fingerprint density at radius 2 is 1.73 bits per heavy atom. The van der Waals surface area contributed by atoms with Crippen LogP contribution in [0.4, 0.5) is 16.2 Å². The molecule has 2 rings (SSSR count). The molecule has 1 aliphatic heterocycles. The fourth-order valence-corrected chi connectivity index (χ4v) is 2.94. The molecule has 1 aromatic carbocycles. The lowest BCUT2D eigenvalue weighted by Crippen LogP contribution is -2.49. The van der Waals surface area contributed by atoms with Gasteiger partial charge in [0.05, 0.1) is 13.2 Å². The van der Waals surface area contributed by atoms with Crippen LogP contribution < -0.4 is 10.2 Å². The lowest BCUT2D eigenvalue weighted by atomic mass is 10.1. The van der Waals surface area contributed by atoms with Gasteiger partial charge in [-0.15, -0.1) is 0 Å². The van der Waals surface area contributed by atoms with Crippen LogP contribution in [0.25, 0.3) is 0 Å². The Labute approximate surface area is 133 Å². The van der Waals surface area contributed by atoms with Gasteiger partial charge in [0, 0.05) is 36.5 Å². The molecule has 0 aromatic heterocycles. The summed E-state index contributed by atoms with van der Waals surface area (Å²) in [5.41, 5.74) is 2.00. The van der Waals surface area contributed by atoms with Crippen molar-refractivity contribution >= 4 is 17.4 Å². The molecule has 1 heterocycles. The van der Waals surface area contributed by atoms with E-state index in [2.05, 4.69) is 36.2 Å². The van der Waals surface area contributed by atoms with E-state index in [9.17, 15) is 4.79 Å². The maximum absolute atomic E-state index is 12.1. The van der Waals surface area contributed by atoms with E-state index < -0.39 is 0 Å². The fraction of sp³-hybridized carbons (Fsp3) is 0.588. The molecule has 2 amide bonds. The van der Waals surface area contributed by atoms with E-state index in [1.807, 2.05) is 26.0 Å². The molecule has 1 N–H and O–H groups in total. The average Bonchev–Trinajstić information content (AvgIpc) is 2.50. The number of nitrogens with zero attached hydrogens (tertiary/aromatic N) is 2. The molecule has 0 bridgehead atoms. The molecule has 22 heavy (non-hydrogen) atoms. The van der Waals surface area contributed by atoms with E-state index in [4.69, 9.17) is 4.74 Å². The van der Waals surface area contributed by atoms with Crippen molar-refractivity contribution in [2.45, 2.75) is 39.8 Å². The van der Waals surface area contributed by atoms with Gasteiger partial charge in [-0.25, -0.2) is 4.79 Å². The van der Waals surface area contributed by atoms with Crippen LogP contribution in [0, 0.1) is 0 Å². The van der Waals surface area contributed by atoms with Gasteiger partial charge in [-0.1, -0.05) is 0 Å². The second kappa shape index (κ2) is 7.49. The van der Waals surface area contributed by atoms with Gasteiger partial charge in [-0.3, -0.25) is 0 Å². The zero-order valence-corrected chi connectivity index (χ0v) is 14.0. The summed E-state index contributed by atoms with van der Waals surface area (Å²) in [5.74, 6) is 0. The van der Waals surface area contributed by atoms with Crippen molar-refractivity contribution in [2.24, 2.45) is 0 Å². The van der Waals surface area contributed by atoms with Crippen LogP contribution in [0.2, 0.25) is 0 Å². The molecular weight excluding hydrogens is 278 g/mol. The number of amides is 2. The van der Waals surface area contributed by atoms with Crippen molar-refractivity contribution in [3.8, 4) is 0 Å². The molecule has 0 aliphatic carbocycles. The smallest absolute Gasteiger partial charge is 0.321 e. The van der Waals surface area contributed by atoms with Crippen LogP contribution >= 0.6 is 0 Å². The van der Waals surface area contributed by atoms with Gasteiger partial charge in [-0.2, -0.15) is 0 Å². The summed E-state index contributed by atoms with van der Waals surface area (Å²) >= 11 is 0. The van der Waals surface area contributed by atoms with Crippen molar-refractivity contribution in [1.82, 2.24) is 4.90 Å². The summed E-state index contributed by atoms with van der Waals surface area (Å²) < 4.78 is 5.57. The highest BCUT2D eigenvalue weighted by Gasteiger charge is 2.25. The molecule has 1 aliphatic rings. The molecule has 5 heteroatoms. The first kappa shape index (κ1) is 16.6. The number of urea groups is 1. The average molecular weight is 305 g/mol. The summed E-state index contributed by atoms with van der Waals surface area (Å²) in [6.45, 7) is 11.2. The number of ether oxygens (including phenoxy) is 1. The fourth-order valence-electron chi connectivity index (χ4n) is 2.94. The first-order valence-electron chi connectivity index (χ1n) is 8.08. The Hall–Kier alpha value is -1.75. The molecular formula is C17H27N3O2. The molecule has 0 radical (unpaired) electrons. The number of rotatable bonds is 4. The van der Waals surface area contributed by atoms with Crippen LogP contribution in [-0.2, 0) is 4.74 Å². The SMILES string of the molecule is CCN(CC)C(=O)Nc1ccc(N2C(C)COCC2C)cc1. The van der Waals surface area contributed by atoms with Crippen LogP contribution in [0.3, 0.4) is 0 Å². The lowest BCUT2D eigenvalue weighted by Gasteiger charge is -2.40. The van der Waals surface area contributed by atoms with Crippen molar-refractivity contribution in [3.05, 3.63) is 24.3 Å². The summed E-state index contributed by atoms with van der Waals surface area (Å²) in [4.78, 5) is 16.2. The topological polar surface area (TPSA) is 44.8 Å². The summed E-state index contributed by atoms with van der Waals surface area (Å²) in [5, 5.41) is 2.94. The second-order valence-electron chi connectivity index (χ2n) is 5.79. The molecule has 5 nitrogen and oxygen atoms in total. The number of benzene rings is 1. The molecule has 1 saturated heterocycles. The van der Waals surface area contributed by atoms with E-state index in [0.717, 1.165) is 18.9 Å². The highest BCUT2D eigenvalue weighted by atomic mass is 16.5. The van der Waals surface area contributed by atoms with Crippen molar-refractivity contribution < 1.29 is 9.53 Å². The molecule has 0 spiro atoms. The van der Waals surface area contributed by atoms with E-state index in [-0.39, 0.29) is 6.03 Å². The highest BCUT2D eigenvalue weighted by Crippen LogP contribution is 2.25. The van der Waals surface area contributed by atoms with Gasteiger partial charge >= 0.3 is 6.03 Å². The highest BCUT2D eigenvalue weighted by molar-refractivity contribution is 5.89. The third-order valence-corrected chi connectivity index (χ3v) is 4.14. The van der Waals surface area contributed by atoms with Gasteiger partial charge in [-0.05, 0) is 52.0 Å². The third kappa shape index (κ3) is 3.71. The van der Waals surface area contributed by atoms with Crippen LogP contribution in [0.15, 0.2) is 24.3 Å². The number of morpholine rings is 1. The quantitative estimate of drug-likeness (QED) is 0.929. The van der Waals surface area contributed by atoms with Gasteiger partial charge < -0.3 is 19.9 Å². The first-order valence-corrected chi connectivity index (χ1v) is 8.08. The maximum atomic E-state index is 12.1. The van der Waals surface area contributed by atoms with Crippen LogP contribution in [0.5, 0.6) is 0 Å². The Bertz CT molecular complexity index is 475. The Morgan fingerprint density at radius 1 is 1.18 bits per heavy atom. The lowest BCUT2D eigenvalue weighted by molar-refractivity contribution is 0.0757. The van der Waals surface area contributed by atoms with E-state index in [0.29, 0.717) is 25.2 Å². The van der Waals surface area contributed by atoms with Crippen LogP contribution in [-0.4, -0.2) is 49.3 Å². The molecule has 0 saturated carbocycles. The van der Waals surface area contributed by atoms with Gasteiger partial charge in [0.15, 0.2) is 0 Å². The van der Waals surface area contributed by atoms with Gasteiger partial charge in [0.25, 0.3) is 0 Å². The van der Waals surface area contributed by atoms with E-state index in [1.54, 1.807) is 4.90 Å². The second-order valence-corrected chi connectivity index (χ2v) is 5.79. The number of hydrogen-bond acceptors (Lipinski definition) is 3. The van der Waals surface area contributed by atoms with E-state index >= 15 is 0 Å². The monoisotopic (exact) mass is 305 g/mol. The number of carbonyl (C=O) groups is 1. The normalized spacial score (nSPS) is 21.5. The van der Waals surface area contributed by atoms with Gasteiger partial charge in [0.2, 0.25) is 0 Å². The van der Waals surface area contributed by atoms with Gasteiger partial charge in [0.1, 0.15) is 0 Å². The zero-order valence-electron chi connectivity index (χ0n) is 14.0. The molecule has 2 atom stereocenters. The predicted octanol–water partition coefficient (Wildman–Crippen LogP) is 3.17. The van der Waals surface area contributed by atoms with Crippen molar-refractivity contribution in [2.75, 3.05) is 36.5 Å². The van der Waals surface area contributed by atoms with Crippen molar-refractivity contribution in [1.29, 1.82) is 0 Å². The molecule has 122 valence electrons. The third-order valence-electron chi connectivity index (χ3n) is 4.14. The zero-order chi connectivity index (χ0) is 16.1. The standard InChI is InChI=1S/C17H27N3O2/c1-5-19(6-2)17(21)18-15-7-9-16(10-8-15)20-13(3)11-22-12-14(20)4/h7-10,13-14H,5-6,11-12H2,1-4H3,(H,18,21). The minimum absolute atomic E-state index is 0.0501. The minimum atomic E-state index is -0.0501. The Morgan fingerprint density at radius 3 is 2.23 bits per heavy atom.